The maximum atomic E-state index is 12.6. The Morgan fingerprint density at radius 2 is 2.10 bits per heavy atom. The summed E-state index contributed by atoms with van der Waals surface area (Å²) >= 11 is 5.78. The summed E-state index contributed by atoms with van der Waals surface area (Å²) in [5.74, 6) is 0. The lowest BCUT2D eigenvalue weighted by atomic mass is 10.2. The van der Waals surface area contributed by atoms with E-state index in [1.165, 1.54) is 0 Å². The number of hydrogen-bond acceptors (Lipinski definition) is 2. The molecular weight excluding hydrogens is 330 g/mol. The Balaban J connectivity index is 0.00000220. The average molecular weight is 344 g/mol. The zero-order valence-electron chi connectivity index (χ0n) is 10.8. The first-order valence-electron chi connectivity index (χ1n) is 6.01. The summed E-state index contributed by atoms with van der Waals surface area (Å²) < 4.78 is 37.8. The van der Waals surface area contributed by atoms with E-state index < -0.39 is 17.8 Å². The van der Waals surface area contributed by atoms with E-state index in [9.17, 15) is 18.0 Å². The summed E-state index contributed by atoms with van der Waals surface area (Å²) in [7, 11) is 0. The van der Waals surface area contributed by atoms with E-state index >= 15 is 0 Å². The molecule has 118 valence electrons. The van der Waals surface area contributed by atoms with E-state index in [-0.39, 0.29) is 29.2 Å². The van der Waals surface area contributed by atoms with E-state index in [1.807, 2.05) is 0 Å². The minimum Gasteiger partial charge on any atom is -0.334 e. The SMILES string of the molecule is Cl.O=C(Nc1cc(C(F)(F)F)ccc1Cl)N[C@@H]1CCNC1. The molecule has 1 aromatic carbocycles. The number of hydrogen-bond donors (Lipinski definition) is 3. The smallest absolute Gasteiger partial charge is 0.334 e. The Hall–Kier alpha value is -1.18. The van der Waals surface area contributed by atoms with Crippen LogP contribution in [0.2, 0.25) is 5.02 Å². The van der Waals surface area contributed by atoms with Gasteiger partial charge < -0.3 is 16.0 Å². The van der Waals surface area contributed by atoms with Crippen molar-refractivity contribution >= 4 is 35.7 Å². The molecule has 0 radical (unpaired) electrons. The molecule has 21 heavy (non-hydrogen) atoms. The van der Waals surface area contributed by atoms with E-state index in [0.29, 0.717) is 6.54 Å². The third kappa shape index (κ3) is 4.94. The third-order valence-corrected chi connectivity index (χ3v) is 3.27. The molecular formula is C12H14Cl2F3N3O. The quantitative estimate of drug-likeness (QED) is 0.771. The van der Waals surface area contributed by atoms with Crippen molar-refractivity contribution in [2.24, 2.45) is 0 Å². The van der Waals surface area contributed by atoms with Crippen molar-refractivity contribution < 1.29 is 18.0 Å². The number of urea groups is 1. The molecule has 0 unspecified atom stereocenters. The molecule has 0 spiro atoms. The van der Waals surface area contributed by atoms with Crippen molar-refractivity contribution in [3.8, 4) is 0 Å². The second kappa shape index (κ2) is 7.20. The number of amides is 2. The number of carbonyl (C=O) groups excluding carboxylic acids is 1. The normalized spacial score (nSPS) is 18.0. The highest BCUT2D eigenvalue weighted by molar-refractivity contribution is 6.33. The fourth-order valence-corrected chi connectivity index (χ4v) is 2.08. The van der Waals surface area contributed by atoms with Gasteiger partial charge in [-0.15, -0.1) is 12.4 Å². The van der Waals surface area contributed by atoms with Gasteiger partial charge in [-0.25, -0.2) is 4.79 Å². The van der Waals surface area contributed by atoms with Gasteiger partial charge in [-0.05, 0) is 31.2 Å². The largest absolute Gasteiger partial charge is 0.416 e. The highest BCUT2D eigenvalue weighted by Gasteiger charge is 2.31. The molecule has 0 bridgehead atoms. The van der Waals surface area contributed by atoms with Gasteiger partial charge in [-0.3, -0.25) is 0 Å². The number of benzene rings is 1. The molecule has 0 saturated carbocycles. The molecule has 3 N–H and O–H groups in total. The van der Waals surface area contributed by atoms with E-state index in [2.05, 4.69) is 16.0 Å². The Kier molecular flexibility index (Phi) is 6.12. The van der Waals surface area contributed by atoms with Gasteiger partial charge in [0.05, 0.1) is 16.3 Å². The summed E-state index contributed by atoms with van der Waals surface area (Å²) in [6.07, 6.45) is -3.70. The number of anilines is 1. The van der Waals surface area contributed by atoms with Gasteiger partial charge in [0.2, 0.25) is 0 Å². The number of rotatable bonds is 2. The Labute approximate surface area is 130 Å². The summed E-state index contributed by atoms with van der Waals surface area (Å²) in [6.45, 7) is 1.44. The van der Waals surface area contributed by atoms with Gasteiger partial charge in [-0.2, -0.15) is 13.2 Å². The molecule has 1 heterocycles. The average Bonchev–Trinajstić information content (AvgIpc) is 2.83. The fraction of sp³-hybridized carbons (Fsp3) is 0.417. The van der Waals surface area contributed by atoms with Crippen molar-refractivity contribution in [2.45, 2.75) is 18.6 Å². The van der Waals surface area contributed by atoms with Gasteiger partial charge in [0, 0.05) is 12.6 Å². The first-order chi connectivity index (χ1) is 9.36. The molecule has 1 saturated heterocycles. The number of alkyl halides is 3. The van der Waals surface area contributed by atoms with Crippen LogP contribution in [0.5, 0.6) is 0 Å². The van der Waals surface area contributed by atoms with Crippen LogP contribution in [-0.4, -0.2) is 25.2 Å². The van der Waals surface area contributed by atoms with Crippen LogP contribution in [-0.2, 0) is 6.18 Å². The van der Waals surface area contributed by atoms with Gasteiger partial charge in [-0.1, -0.05) is 11.6 Å². The predicted molar refractivity (Wildman–Crippen MR) is 77.1 cm³/mol. The van der Waals surface area contributed by atoms with Crippen LogP contribution >= 0.6 is 24.0 Å². The van der Waals surface area contributed by atoms with Crippen LogP contribution < -0.4 is 16.0 Å². The molecule has 1 aromatic rings. The van der Waals surface area contributed by atoms with Crippen LogP contribution in [0.15, 0.2) is 18.2 Å². The molecule has 0 aromatic heterocycles. The van der Waals surface area contributed by atoms with Crippen LogP contribution in [0.25, 0.3) is 0 Å². The molecule has 2 rings (SSSR count). The Bertz CT molecular complexity index is 505. The lowest BCUT2D eigenvalue weighted by Gasteiger charge is -2.14. The maximum absolute atomic E-state index is 12.6. The van der Waals surface area contributed by atoms with E-state index in [1.54, 1.807) is 0 Å². The highest BCUT2D eigenvalue weighted by Crippen LogP contribution is 2.33. The van der Waals surface area contributed by atoms with Crippen molar-refractivity contribution in [1.29, 1.82) is 0 Å². The lowest BCUT2D eigenvalue weighted by molar-refractivity contribution is -0.137. The molecule has 1 aliphatic heterocycles. The standard InChI is InChI=1S/C12H13ClF3N3O.ClH/c13-9-2-1-7(12(14,15)16)5-10(9)19-11(20)18-8-3-4-17-6-8;/h1-2,5,8,17H,3-4,6H2,(H2,18,19,20);1H/t8-;/m1./s1. The van der Waals surface area contributed by atoms with Crippen LogP contribution in [0.1, 0.15) is 12.0 Å². The summed E-state index contributed by atoms with van der Waals surface area (Å²) in [5, 5.41) is 8.12. The zero-order chi connectivity index (χ0) is 14.8. The molecule has 9 heteroatoms. The minimum atomic E-state index is -4.48. The van der Waals surface area contributed by atoms with E-state index in [4.69, 9.17) is 11.6 Å². The highest BCUT2D eigenvalue weighted by atomic mass is 35.5. The molecule has 1 atom stereocenters. The summed E-state index contributed by atoms with van der Waals surface area (Å²) in [6, 6.07) is 2.19. The van der Waals surface area contributed by atoms with Crippen molar-refractivity contribution in [1.82, 2.24) is 10.6 Å². The first-order valence-corrected chi connectivity index (χ1v) is 6.39. The number of carbonyl (C=O) groups is 1. The topological polar surface area (TPSA) is 53.2 Å². The summed E-state index contributed by atoms with van der Waals surface area (Å²) in [4.78, 5) is 11.7. The zero-order valence-corrected chi connectivity index (χ0v) is 12.3. The Morgan fingerprint density at radius 1 is 1.38 bits per heavy atom. The molecule has 2 amide bonds. The molecule has 1 fully saturated rings. The number of nitrogens with one attached hydrogen (secondary N) is 3. The summed E-state index contributed by atoms with van der Waals surface area (Å²) in [5.41, 5.74) is -0.926. The lowest BCUT2D eigenvalue weighted by Crippen LogP contribution is -2.39. The first kappa shape index (κ1) is 17.9. The van der Waals surface area contributed by atoms with Crippen LogP contribution in [0.3, 0.4) is 0 Å². The molecule has 0 aliphatic carbocycles. The van der Waals surface area contributed by atoms with Crippen LogP contribution in [0, 0.1) is 0 Å². The van der Waals surface area contributed by atoms with Gasteiger partial charge in [0.25, 0.3) is 0 Å². The van der Waals surface area contributed by atoms with Crippen molar-refractivity contribution in [3.05, 3.63) is 28.8 Å². The van der Waals surface area contributed by atoms with Crippen molar-refractivity contribution in [3.63, 3.8) is 0 Å². The fourth-order valence-electron chi connectivity index (χ4n) is 1.92. The third-order valence-electron chi connectivity index (χ3n) is 2.94. The minimum absolute atomic E-state index is 0. The van der Waals surface area contributed by atoms with E-state index in [0.717, 1.165) is 31.2 Å². The van der Waals surface area contributed by atoms with Gasteiger partial charge in [0.1, 0.15) is 0 Å². The molecule has 1 aliphatic rings. The monoisotopic (exact) mass is 343 g/mol. The predicted octanol–water partition coefficient (Wildman–Crippen LogP) is 3.26. The Morgan fingerprint density at radius 3 is 2.67 bits per heavy atom. The van der Waals surface area contributed by atoms with Gasteiger partial charge >= 0.3 is 12.2 Å². The second-order valence-electron chi connectivity index (χ2n) is 4.48. The second-order valence-corrected chi connectivity index (χ2v) is 4.89. The maximum Gasteiger partial charge on any atom is 0.416 e. The van der Waals surface area contributed by atoms with Gasteiger partial charge in [0.15, 0.2) is 0 Å². The molecule has 4 nitrogen and oxygen atoms in total. The van der Waals surface area contributed by atoms with Crippen molar-refractivity contribution in [2.75, 3.05) is 18.4 Å². The number of halogens is 5. The van der Waals surface area contributed by atoms with Crippen LogP contribution in [0.4, 0.5) is 23.7 Å².